The van der Waals surface area contributed by atoms with E-state index in [1.807, 2.05) is 13.8 Å². The van der Waals surface area contributed by atoms with Crippen LogP contribution < -0.4 is 5.73 Å². The SMILES string of the molecule is CC.COC1CCN(CCOCCOCC(N)=O)CC1. The fourth-order valence-electron chi connectivity index (χ4n) is 1.95. The minimum atomic E-state index is -0.448. The van der Waals surface area contributed by atoms with Crippen molar-refractivity contribution in [1.29, 1.82) is 0 Å². The standard InChI is InChI=1S/C12H24N2O4.C2H6/c1-16-11-2-4-14(5-3-11)6-7-17-8-9-18-10-12(13)15;1-2/h11H,2-10H2,1H3,(H2,13,15);1-2H3. The van der Waals surface area contributed by atoms with Crippen molar-refractivity contribution >= 4 is 5.91 Å². The molecule has 1 fully saturated rings. The number of methoxy groups -OCH3 is 1. The van der Waals surface area contributed by atoms with Crippen LogP contribution in [0.25, 0.3) is 0 Å². The Morgan fingerprint density at radius 2 is 1.75 bits per heavy atom. The molecule has 120 valence electrons. The van der Waals surface area contributed by atoms with E-state index in [9.17, 15) is 4.79 Å². The van der Waals surface area contributed by atoms with E-state index in [-0.39, 0.29) is 6.61 Å². The summed E-state index contributed by atoms with van der Waals surface area (Å²) in [6, 6.07) is 0. The zero-order valence-electron chi connectivity index (χ0n) is 13.1. The lowest BCUT2D eigenvalue weighted by Crippen LogP contribution is -2.38. The molecule has 1 aliphatic heterocycles. The molecule has 0 aliphatic carbocycles. The van der Waals surface area contributed by atoms with Gasteiger partial charge in [-0.25, -0.2) is 0 Å². The van der Waals surface area contributed by atoms with Gasteiger partial charge in [0.15, 0.2) is 0 Å². The van der Waals surface area contributed by atoms with Gasteiger partial charge in [-0.3, -0.25) is 4.79 Å². The normalized spacial score (nSPS) is 16.6. The van der Waals surface area contributed by atoms with Crippen molar-refractivity contribution in [3.63, 3.8) is 0 Å². The van der Waals surface area contributed by atoms with Crippen LogP contribution in [0.3, 0.4) is 0 Å². The molecule has 0 radical (unpaired) electrons. The van der Waals surface area contributed by atoms with E-state index in [1.54, 1.807) is 7.11 Å². The number of ether oxygens (including phenoxy) is 3. The van der Waals surface area contributed by atoms with Gasteiger partial charge in [-0.15, -0.1) is 0 Å². The smallest absolute Gasteiger partial charge is 0.243 e. The summed E-state index contributed by atoms with van der Waals surface area (Å²) in [5, 5.41) is 0. The average molecular weight is 290 g/mol. The summed E-state index contributed by atoms with van der Waals surface area (Å²) in [6.45, 7) is 8.65. The molecule has 1 rings (SSSR count). The number of carbonyl (C=O) groups excluding carboxylic acids is 1. The summed E-state index contributed by atoms with van der Waals surface area (Å²) in [6.07, 6.45) is 2.61. The Labute approximate surface area is 122 Å². The predicted molar refractivity (Wildman–Crippen MR) is 78.7 cm³/mol. The molecule has 1 saturated heterocycles. The van der Waals surface area contributed by atoms with Crippen LogP contribution in [0.4, 0.5) is 0 Å². The maximum atomic E-state index is 10.4. The Bertz CT molecular complexity index is 231. The van der Waals surface area contributed by atoms with Crippen molar-refractivity contribution in [2.24, 2.45) is 5.73 Å². The number of carbonyl (C=O) groups is 1. The maximum absolute atomic E-state index is 10.4. The van der Waals surface area contributed by atoms with Gasteiger partial charge in [0.05, 0.1) is 25.9 Å². The Kier molecular flexibility index (Phi) is 12.8. The van der Waals surface area contributed by atoms with Gasteiger partial charge >= 0.3 is 0 Å². The van der Waals surface area contributed by atoms with Crippen LogP contribution in [-0.2, 0) is 19.0 Å². The molecule has 0 bridgehead atoms. The lowest BCUT2D eigenvalue weighted by molar-refractivity contribution is -0.123. The molecule has 0 atom stereocenters. The second-order valence-corrected chi connectivity index (χ2v) is 4.41. The van der Waals surface area contributed by atoms with Crippen LogP contribution in [-0.4, -0.2) is 70.1 Å². The van der Waals surface area contributed by atoms with Crippen molar-refractivity contribution in [2.45, 2.75) is 32.8 Å². The third-order valence-electron chi connectivity index (χ3n) is 3.04. The molecule has 20 heavy (non-hydrogen) atoms. The van der Waals surface area contributed by atoms with Gasteiger partial charge in [-0.1, -0.05) is 13.8 Å². The highest BCUT2D eigenvalue weighted by molar-refractivity contribution is 5.74. The monoisotopic (exact) mass is 290 g/mol. The highest BCUT2D eigenvalue weighted by atomic mass is 16.5. The van der Waals surface area contributed by atoms with Crippen LogP contribution in [0.2, 0.25) is 0 Å². The molecular formula is C14H30N2O4. The van der Waals surface area contributed by atoms with Gasteiger partial charge in [-0.05, 0) is 12.8 Å². The molecule has 2 N–H and O–H groups in total. The first-order chi connectivity index (χ1) is 9.72. The fourth-order valence-corrected chi connectivity index (χ4v) is 1.95. The molecule has 1 aliphatic rings. The van der Waals surface area contributed by atoms with Gasteiger partial charge in [0.1, 0.15) is 6.61 Å². The van der Waals surface area contributed by atoms with E-state index >= 15 is 0 Å². The summed E-state index contributed by atoms with van der Waals surface area (Å²) in [5.74, 6) is -0.448. The van der Waals surface area contributed by atoms with E-state index in [0.29, 0.717) is 25.9 Å². The van der Waals surface area contributed by atoms with Crippen LogP contribution in [0.15, 0.2) is 0 Å². The van der Waals surface area contributed by atoms with Crippen LogP contribution in [0.5, 0.6) is 0 Å². The first-order valence-corrected chi connectivity index (χ1v) is 7.41. The van der Waals surface area contributed by atoms with Crippen molar-refractivity contribution in [1.82, 2.24) is 4.90 Å². The molecule has 0 spiro atoms. The van der Waals surface area contributed by atoms with E-state index < -0.39 is 5.91 Å². The van der Waals surface area contributed by atoms with Gasteiger partial charge in [0.25, 0.3) is 0 Å². The molecule has 0 unspecified atom stereocenters. The van der Waals surface area contributed by atoms with E-state index in [4.69, 9.17) is 19.9 Å². The Balaban J connectivity index is 0.00000172. The number of likely N-dealkylation sites (tertiary alicyclic amines) is 1. The predicted octanol–water partition coefficient (Wildman–Crippen LogP) is 0.642. The molecule has 6 nitrogen and oxygen atoms in total. The second kappa shape index (κ2) is 13.3. The zero-order valence-corrected chi connectivity index (χ0v) is 13.1. The quantitative estimate of drug-likeness (QED) is 0.631. The van der Waals surface area contributed by atoms with E-state index in [1.165, 1.54) is 0 Å². The fraction of sp³-hybridized carbons (Fsp3) is 0.929. The summed E-state index contributed by atoms with van der Waals surface area (Å²) in [7, 11) is 1.77. The number of primary amides is 1. The van der Waals surface area contributed by atoms with Crippen LogP contribution >= 0.6 is 0 Å². The van der Waals surface area contributed by atoms with Gasteiger partial charge < -0.3 is 24.8 Å². The van der Waals surface area contributed by atoms with Gasteiger partial charge in [0.2, 0.25) is 5.91 Å². The largest absolute Gasteiger partial charge is 0.381 e. The highest BCUT2D eigenvalue weighted by Crippen LogP contribution is 2.11. The lowest BCUT2D eigenvalue weighted by atomic mass is 10.1. The van der Waals surface area contributed by atoms with E-state index in [0.717, 1.165) is 32.5 Å². The highest BCUT2D eigenvalue weighted by Gasteiger charge is 2.17. The minimum absolute atomic E-state index is 0.0338. The number of nitrogens with two attached hydrogens (primary N) is 1. The number of nitrogens with zero attached hydrogens (tertiary/aromatic N) is 1. The summed E-state index contributed by atoms with van der Waals surface area (Å²) < 4.78 is 15.7. The van der Waals surface area contributed by atoms with Crippen molar-refractivity contribution in [2.75, 3.05) is 53.2 Å². The number of piperidine rings is 1. The Hall–Kier alpha value is -0.690. The van der Waals surface area contributed by atoms with Crippen LogP contribution in [0, 0.1) is 0 Å². The molecule has 0 aromatic carbocycles. The van der Waals surface area contributed by atoms with E-state index in [2.05, 4.69) is 4.90 Å². The molecule has 0 aromatic heterocycles. The van der Waals surface area contributed by atoms with Gasteiger partial charge in [0, 0.05) is 26.7 Å². The summed E-state index contributed by atoms with van der Waals surface area (Å²) in [5.41, 5.74) is 4.93. The molecule has 6 heteroatoms. The van der Waals surface area contributed by atoms with Crippen molar-refractivity contribution < 1.29 is 19.0 Å². The molecule has 1 heterocycles. The van der Waals surface area contributed by atoms with Crippen molar-refractivity contribution in [3.8, 4) is 0 Å². The number of amides is 1. The average Bonchev–Trinajstić information content (AvgIpc) is 2.48. The maximum Gasteiger partial charge on any atom is 0.243 e. The minimum Gasteiger partial charge on any atom is -0.381 e. The molecule has 1 amide bonds. The third-order valence-corrected chi connectivity index (χ3v) is 3.04. The number of rotatable bonds is 9. The third kappa shape index (κ3) is 10.1. The Morgan fingerprint density at radius 1 is 1.15 bits per heavy atom. The topological polar surface area (TPSA) is 74.0 Å². The molecule has 0 aromatic rings. The number of hydrogen-bond acceptors (Lipinski definition) is 5. The first-order valence-electron chi connectivity index (χ1n) is 7.41. The molecule has 0 saturated carbocycles. The Morgan fingerprint density at radius 3 is 2.30 bits per heavy atom. The van der Waals surface area contributed by atoms with Crippen LogP contribution in [0.1, 0.15) is 26.7 Å². The zero-order chi connectivity index (χ0) is 15.2. The van der Waals surface area contributed by atoms with Gasteiger partial charge in [-0.2, -0.15) is 0 Å². The first kappa shape index (κ1) is 19.3. The lowest BCUT2D eigenvalue weighted by Gasteiger charge is -2.30. The number of hydrogen-bond donors (Lipinski definition) is 1. The summed E-state index contributed by atoms with van der Waals surface area (Å²) in [4.78, 5) is 12.8. The summed E-state index contributed by atoms with van der Waals surface area (Å²) >= 11 is 0. The van der Waals surface area contributed by atoms with Crippen molar-refractivity contribution in [3.05, 3.63) is 0 Å². The second-order valence-electron chi connectivity index (χ2n) is 4.41. The molecular weight excluding hydrogens is 260 g/mol.